The number of nitrogens with zero attached hydrogens (tertiary/aromatic N) is 1. The maximum Gasteiger partial charge on any atom is 0.200 e. The Hall–Kier alpha value is -2.30. The number of hydrogen-bond acceptors (Lipinski definition) is 3. The largest absolute Gasteiger partial charge is 0.409 e. The molecule has 0 fully saturated rings. The molecule has 0 saturated heterocycles. The SMILES string of the molecule is N/C(=N\O)c1c[nH]c2ccccc2c1=O. The van der Waals surface area contributed by atoms with Gasteiger partial charge in [0.05, 0.1) is 5.56 Å². The van der Waals surface area contributed by atoms with Crippen molar-refractivity contribution in [3.8, 4) is 0 Å². The maximum atomic E-state index is 11.8. The molecule has 0 atom stereocenters. The van der Waals surface area contributed by atoms with Gasteiger partial charge in [-0.25, -0.2) is 0 Å². The van der Waals surface area contributed by atoms with Gasteiger partial charge in [-0.15, -0.1) is 0 Å². The third kappa shape index (κ3) is 1.43. The van der Waals surface area contributed by atoms with Gasteiger partial charge >= 0.3 is 0 Å². The summed E-state index contributed by atoms with van der Waals surface area (Å²) >= 11 is 0. The summed E-state index contributed by atoms with van der Waals surface area (Å²) in [6, 6.07) is 7.05. The topological polar surface area (TPSA) is 91.5 Å². The molecule has 0 aliphatic heterocycles. The minimum atomic E-state index is -0.250. The number of nitrogens with two attached hydrogens (primary N) is 1. The lowest BCUT2D eigenvalue weighted by atomic mass is 10.1. The Morgan fingerprint density at radius 3 is 2.87 bits per heavy atom. The Bertz CT molecular complexity index is 586. The van der Waals surface area contributed by atoms with Gasteiger partial charge in [0.25, 0.3) is 0 Å². The summed E-state index contributed by atoms with van der Waals surface area (Å²) in [4.78, 5) is 14.7. The first kappa shape index (κ1) is 9.26. The molecule has 15 heavy (non-hydrogen) atoms. The van der Waals surface area contributed by atoms with Crippen LogP contribution in [-0.4, -0.2) is 16.0 Å². The van der Waals surface area contributed by atoms with Gasteiger partial charge in [0, 0.05) is 17.1 Å². The number of para-hydroxylation sites is 1. The summed E-state index contributed by atoms with van der Waals surface area (Å²) in [6.45, 7) is 0. The second kappa shape index (κ2) is 3.45. The van der Waals surface area contributed by atoms with E-state index in [4.69, 9.17) is 10.9 Å². The van der Waals surface area contributed by atoms with Crippen LogP contribution in [-0.2, 0) is 0 Å². The average Bonchev–Trinajstić information content (AvgIpc) is 2.29. The number of aromatic amines is 1. The Balaban J connectivity index is 2.82. The Morgan fingerprint density at radius 2 is 2.13 bits per heavy atom. The number of hydrogen-bond donors (Lipinski definition) is 3. The lowest BCUT2D eigenvalue weighted by molar-refractivity contribution is 0.318. The van der Waals surface area contributed by atoms with Crippen molar-refractivity contribution < 1.29 is 5.21 Å². The number of amidine groups is 1. The minimum Gasteiger partial charge on any atom is -0.409 e. The van der Waals surface area contributed by atoms with Gasteiger partial charge in [-0.2, -0.15) is 0 Å². The summed E-state index contributed by atoms with van der Waals surface area (Å²) in [6.07, 6.45) is 1.43. The molecule has 2 rings (SSSR count). The molecule has 1 aromatic carbocycles. The van der Waals surface area contributed by atoms with E-state index in [1.54, 1.807) is 18.2 Å². The molecule has 0 aliphatic carbocycles. The standard InChI is InChI=1S/C10H9N3O2/c11-10(13-15)7-5-12-8-4-2-1-3-6(8)9(7)14/h1-5,15H,(H2,11,13)(H,12,14). The average molecular weight is 203 g/mol. The van der Waals surface area contributed by atoms with Crippen LogP contribution >= 0.6 is 0 Å². The number of nitrogens with one attached hydrogen (secondary N) is 1. The van der Waals surface area contributed by atoms with Crippen LogP contribution in [0.5, 0.6) is 0 Å². The first-order valence-electron chi connectivity index (χ1n) is 4.32. The van der Waals surface area contributed by atoms with E-state index in [0.29, 0.717) is 5.39 Å². The predicted octanol–water partition coefficient (Wildman–Crippen LogP) is 0.623. The van der Waals surface area contributed by atoms with Crippen LogP contribution < -0.4 is 11.2 Å². The van der Waals surface area contributed by atoms with Crippen LogP contribution in [0.4, 0.5) is 0 Å². The monoisotopic (exact) mass is 203 g/mol. The Labute approximate surface area is 84.8 Å². The highest BCUT2D eigenvalue weighted by atomic mass is 16.4. The summed E-state index contributed by atoms with van der Waals surface area (Å²) < 4.78 is 0. The van der Waals surface area contributed by atoms with E-state index >= 15 is 0 Å². The summed E-state index contributed by atoms with van der Waals surface area (Å²) in [7, 11) is 0. The lowest BCUT2D eigenvalue weighted by Gasteiger charge is -2.00. The van der Waals surface area contributed by atoms with E-state index in [-0.39, 0.29) is 16.8 Å². The van der Waals surface area contributed by atoms with Crippen molar-refractivity contribution in [1.29, 1.82) is 0 Å². The van der Waals surface area contributed by atoms with Crippen molar-refractivity contribution >= 4 is 16.7 Å². The van der Waals surface area contributed by atoms with E-state index in [9.17, 15) is 4.79 Å². The van der Waals surface area contributed by atoms with E-state index in [1.807, 2.05) is 6.07 Å². The molecule has 4 N–H and O–H groups in total. The van der Waals surface area contributed by atoms with E-state index in [1.165, 1.54) is 6.20 Å². The van der Waals surface area contributed by atoms with Crippen molar-refractivity contribution in [2.24, 2.45) is 10.9 Å². The minimum absolute atomic E-state index is 0.163. The maximum absolute atomic E-state index is 11.8. The third-order valence-electron chi connectivity index (χ3n) is 2.17. The molecule has 0 unspecified atom stereocenters. The number of H-pyrrole nitrogens is 1. The van der Waals surface area contributed by atoms with Crippen LogP contribution in [0.1, 0.15) is 5.56 Å². The number of rotatable bonds is 1. The number of pyridine rings is 1. The Kier molecular flexibility index (Phi) is 2.13. The van der Waals surface area contributed by atoms with Crippen LogP contribution in [0.3, 0.4) is 0 Å². The highest BCUT2D eigenvalue weighted by molar-refractivity contribution is 5.99. The lowest BCUT2D eigenvalue weighted by Crippen LogP contribution is -2.23. The zero-order valence-electron chi connectivity index (χ0n) is 7.77. The van der Waals surface area contributed by atoms with Crippen molar-refractivity contribution in [3.63, 3.8) is 0 Å². The number of aromatic nitrogens is 1. The third-order valence-corrected chi connectivity index (χ3v) is 2.17. The smallest absolute Gasteiger partial charge is 0.200 e. The predicted molar refractivity (Wildman–Crippen MR) is 57.1 cm³/mol. The molecule has 0 bridgehead atoms. The molecule has 0 amide bonds. The zero-order valence-corrected chi connectivity index (χ0v) is 7.77. The first-order chi connectivity index (χ1) is 7.24. The molecule has 1 heterocycles. The first-order valence-corrected chi connectivity index (χ1v) is 4.32. The van der Waals surface area contributed by atoms with E-state index < -0.39 is 0 Å². The summed E-state index contributed by atoms with van der Waals surface area (Å²) in [5.74, 6) is -0.193. The fourth-order valence-corrected chi connectivity index (χ4v) is 1.41. The van der Waals surface area contributed by atoms with Crippen molar-refractivity contribution in [1.82, 2.24) is 4.98 Å². The molecule has 0 spiro atoms. The van der Waals surface area contributed by atoms with Crippen LogP contribution in [0.15, 0.2) is 40.4 Å². The molecule has 0 saturated carbocycles. The normalized spacial score (nSPS) is 11.9. The quantitative estimate of drug-likeness (QED) is 0.274. The fourth-order valence-electron chi connectivity index (χ4n) is 1.41. The number of oxime groups is 1. The number of benzene rings is 1. The summed E-state index contributed by atoms with van der Waals surface area (Å²) in [5.41, 5.74) is 6.00. The van der Waals surface area contributed by atoms with Gasteiger partial charge in [-0.1, -0.05) is 17.3 Å². The Morgan fingerprint density at radius 1 is 1.40 bits per heavy atom. The van der Waals surface area contributed by atoms with Gasteiger partial charge in [0.1, 0.15) is 0 Å². The van der Waals surface area contributed by atoms with Crippen LogP contribution in [0.25, 0.3) is 10.9 Å². The highest BCUT2D eigenvalue weighted by Gasteiger charge is 2.07. The van der Waals surface area contributed by atoms with Gasteiger partial charge in [0.2, 0.25) is 0 Å². The fraction of sp³-hybridized carbons (Fsp3) is 0. The number of fused-ring (bicyclic) bond motifs is 1. The highest BCUT2D eigenvalue weighted by Crippen LogP contribution is 2.06. The molecule has 1 aromatic heterocycles. The summed E-state index contributed by atoms with van der Waals surface area (Å²) in [5, 5.41) is 11.8. The molecule has 76 valence electrons. The van der Waals surface area contributed by atoms with Gasteiger partial charge in [-0.3, -0.25) is 4.79 Å². The van der Waals surface area contributed by atoms with E-state index in [2.05, 4.69) is 10.1 Å². The van der Waals surface area contributed by atoms with E-state index in [0.717, 1.165) is 5.52 Å². The van der Waals surface area contributed by atoms with Gasteiger partial charge in [-0.05, 0) is 12.1 Å². The van der Waals surface area contributed by atoms with Crippen LogP contribution in [0.2, 0.25) is 0 Å². The van der Waals surface area contributed by atoms with Crippen molar-refractivity contribution in [2.75, 3.05) is 0 Å². The molecular weight excluding hydrogens is 194 g/mol. The molecule has 0 aliphatic rings. The molecule has 5 nitrogen and oxygen atoms in total. The molecular formula is C10H9N3O2. The van der Waals surface area contributed by atoms with Crippen LogP contribution in [0, 0.1) is 0 Å². The second-order valence-corrected chi connectivity index (χ2v) is 3.06. The van der Waals surface area contributed by atoms with Gasteiger partial charge < -0.3 is 15.9 Å². The second-order valence-electron chi connectivity index (χ2n) is 3.06. The molecule has 0 radical (unpaired) electrons. The van der Waals surface area contributed by atoms with Crippen molar-refractivity contribution in [2.45, 2.75) is 0 Å². The zero-order chi connectivity index (χ0) is 10.8. The van der Waals surface area contributed by atoms with Crippen molar-refractivity contribution in [3.05, 3.63) is 46.2 Å². The van der Waals surface area contributed by atoms with Gasteiger partial charge in [0.15, 0.2) is 11.3 Å². The molecule has 2 aromatic rings. The molecule has 5 heteroatoms.